The van der Waals surface area contributed by atoms with Gasteiger partial charge in [0.15, 0.2) is 5.79 Å². The van der Waals surface area contributed by atoms with E-state index in [0.29, 0.717) is 102 Å². The highest BCUT2D eigenvalue weighted by atomic mass is 16.8. The summed E-state index contributed by atoms with van der Waals surface area (Å²) < 4.78 is 79.5. The van der Waals surface area contributed by atoms with Crippen LogP contribution in [0.4, 0.5) is 9.59 Å². The minimum Gasteiger partial charge on any atom is -0.469 e. The second-order valence-corrected chi connectivity index (χ2v) is 39.9. The van der Waals surface area contributed by atoms with Crippen molar-refractivity contribution in [1.29, 1.82) is 0 Å². The summed E-state index contributed by atoms with van der Waals surface area (Å²) in [5.74, 6) is -2.10. The summed E-state index contributed by atoms with van der Waals surface area (Å²) in [5, 5.41) is 0. The van der Waals surface area contributed by atoms with Gasteiger partial charge in [0.1, 0.15) is 70.7 Å². The molecule has 8 bridgehead atoms. The molecule has 10 saturated carbocycles. The maximum atomic E-state index is 13.2. The van der Waals surface area contributed by atoms with Crippen molar-refractivity contribution >= 4 is 60.1 Å². The van der Waals surface area contributed by atoms with Crippen molar-refractivity contribution in [3.63, 3.8) is 0 Å². The van der Waals surface area contributed by atoms with Crippen LogP contribution in [-0.4, -0.2) is 150 Å². The van der Waals surface area contributed by atoms with Crippen LogP contribution < -0.4 is 0 Å². The van der Waals surface area contributed by atoms with E-state index in [9.17, 15) is 47.9 Å². The number of hydrogen-bond acceptors (Lipinski definition) is 24. The average Bonchev–Trinajstić information content (AvgIpc) is 1.67. The molecular weight excluding hydrogens is 1450 g/mol. The Kier molecular flexibility index (Phi) is 30.2. The van der Waals surface area contributed by atoms with Crippen molar-refractivity contribution in [3.05, 3.63) is 0 Å². The van der Waals surface area contributed by atoms with Crippen LogP contribution >= 0.6 is 0 Å². The molecule has 0 radical (unpaired) electrons. The van der Waals surface area contributed by atoms with Gasteiger partial charge in [-0.15, -0.1) is 0 Å². The quantitative estimate of drug-likeness (QED) is 0.0640. The second-order valence-electron chi connectivity index (χ2n) is 39.9. The molecular formula is C89H146O24. The molecule has 0 N–H and O–H groups in total. The van der Waals surface area contributed by atoms with Gasteiger partial charge in [-0.1, -0.05) is 81.6 Å². The largest absolute Gasteiger partial charge is 0.509 e. The van der Waals surface area contributed by atoms with Crippen molar-refractivity contribution in [3.8, 4) is 0 Å². The molecule has 13 rings (SSSR count). The van der Waals surface area contributed by atoms with Crippen LogP contribution in [0.2, 0.25) is 0 Å². The molecule has 3 saturated heterocycles. The predicted molar refractivity (Wildman–Crippen MR) is 421 cm³/mol. The standard InChI is InChI=1S/C28H46O8.C16H22O6.C15H26O4.C15H28O2.C14H20O4.CH4/c1-10-23(4,5)20(29)32-26-13-19-14-27(16-26,35-21(30)33-24(6,7)11-2)18-28(15-19,17-26)36-22(31)34-25(8,9)12-3;1-5-16(2,3)15(19)22-12-7-6-8-10(9(7)13(17)20-4)14(18)21-11(8)12;1-4-14(2,3)13(16)17-10-12-11-18-15(19-12)8-6-5-7-9-15;1-6-14(2,3)13(16)17-15(4,5)12-10-8-7-9-11-12;1-4-14(2,3)13(16)18-10-7-5-8-9(6-7)12(15)17-11(8)10;/h19H,10-18H2,1-9H3;7-12H,5-6H2,1-4H3;12H,4-11H2,1-3H3;12H,6-11H2,1-5H3;7-11H,4-6H2,1-3H3;1H4. The summed E-state index contributed by atoms with van der Waals surface area (Å²) in [5.41, 5.74) is -6.89. The third-order valence-corrected chi connectivity index (χ3v) is 28.2. The number of rotatable bonds is 24. The lowest BCUT2D eigenvalue weighted by atomic mass is 9.50. The predicted octanol–water partition coefficient (Wildman–Crippen LogP) is 18.1. The van der Waals surface area contributed by atoms with Gasteiger partial charge < -0.3 is 66.3 Å². The molecule has 13 aliphatic rings. The molecule has 13 fully saturated rings. The highest BCUT2D eigenvalue weighted by molar-refractivity contribution is 5.87. The Hall–Kier alpha value is -5.78. The normalized spacial score (nSPS) is 31.5. The first-order valence-electron chi connectivity index (χ1n) is 42.6. The first kappa shape index (κ1) is 94.4. The molecule has 3 heterocycles. The van der Waals surface area contributed by atoms with Crippen molar-refractivity contribution in [2.24, 2.45) is 80.3 Å². The van der Waals surface area contributed by atoms with E-state index in [1.165, 1.54) is 45.6 Å². The number of carbonyl (C=O) groups is 10. The second kappa shape index (κ2) is 36.2. The summed E-state index contributed by atoms with van der Waals surface area (Å²) >= 11 is 0. The van der Waals surface area contributed by atoms with Gasteiger partial charge in [-0.25, -0.2) is 9.59 Å². The summed E-state index contributed by atoms with van der Waals surface area (Å²) in [6.45, 7) is 45.0. The first-order valence-corrected chi connectivity index (χ1v) is 42.6. The van der Waals surface area contributed by atoms with E-state index >= 15 is 0 Å². The summed E-state index contributed by atoms with van der Waals surface area (Å²) in [6.07, 6.45) is 19.3. The molecule has 14 atom stereocenters. The van der Waals surface area contributed by atoms with Crippen LogP contribution in [0.5, 0.6) is 0 Å². The molecule has 0 aromatic rings. The summed E-state index contributed by atoms with van der Waals surface area (Å²) in [4.78, 5) is 123. The van der Waals surface area contributed by atoms with E-state index in [1.54, 1.807) is 0 Å². The molecule has 0 amide bonds. The fourth-order valence-electron chi connectivity index (χ4n) is 18.5. The molecule has 113 heavy (non-hydrogen) atoms. The van der Waals surface area contributed by atoms with E-state index in [0.717, 1.165) is 57.8 Å². The van der Waals surface area contributed by atoms with Gasteiger partial charge in [0, 0.05) is 55.8 Å². The van der Waals surface area contributed by atoms with Gasteiger partial charge >= 0.3 is 60.1 Å². The molecule has 14 unspecified atom stereocenters. The van der Waals surface area contributed by atoms with Crippen molar-refractivity contribution in [1.82, 2.24) is 0 Å². The Morgan fingerprint density at radius 3 is 1.40 bits per heavy atom. The van der Waals surface area contributed by atoms with E-state index in [-0.39, 0.29) is 108 Å². The van der Waals surface area contributed by atoms with Crippen molar-refractivity contribution < 1.29 is 114 Å². The average molecular weight is 1600 g/mol. The smallest absolute Gasteiger partial charge is 0.469 e. The van der Waals surface area contributed by atoms with Gasteiger partial charge in [-0.3, -0.25) is 38.4 Å². The van der Waals surface area contributed by atoms with E-state index in [4.69, 9.17) is 66.3 Å². The highest BCUT2D eigenvalue weighted by Gasteiger charge is 2.72. The maximum absolute atomic E-state index is 13.2. The third-order valence-electron chi connectivity index (χ3n) is 28.2. The number of methoxy groups -OCH3 is 1. The van der Waals surface area contributed by atoms with Gasteiger partial charge in [0.25, 0.3) is 0 Å². The number of esters is 8. The van der Waals surface area contributed by atoms with Gasteiger partial charge in [0.05, 0.1) is 58.5 Å². The fourth-order valence-corrected chi connectivity index (χ4v) is 18.5. The Morgan fingerprint density at radius 1 is 0.469 bits per heavy atom. The molecule has 0 aromatic carbocycles. The summed E-state index contributed by atoms with van der Waals surface area (Å²) in [6, 6.07) is 0. The fraction of sp³-hybridized carbons (Fsp3) is 0.888. The molecule has 1 spiro atoms. The van der Waals surface area contributed by atoms with Crippen LogP contribution in [-0.2, 0) is 105 Å². The SMILES string of the molecule is C.CCC(C)(C)C(=O)OC(C)(C)C1CCCCC1.CCC(C)(C)C(=O)OC1C2CC3C(=O)OC1C3C2.CCC(C)(C)C(=O)OC1C2CC3C1OC(=O)C3C2C(=O)OC.CCC(C)(C)C(=O)OCC1COC2(CCCCC2)O1.CCC(C)(C)OC(=O)OC12CC3CC(OC(=O)OC(C)(C)CC)(C1)CC(OC(=O)C(C)(C)CC)(C3)C2. The zero-order chi connectivity index (χ0) is 83.6. The van der Waals surface area contributed by atoms with Crippen LogP contribution in [0.1, 0.15) is 334 Å². The molecule has 24 nitrogen and oxygen atoms in total. The maximum Gasteiger partial charge on any atom is 0.509 e. The Morgan fingerprint density at radius 2 is 0.912 bits per heavy atom. The van der Waals surface area contributed by atoms with Crippen molar-refractivity contribution in [2.75, 3.05) is 20.3 Å². The lowest BCUT2D eigenvalue weighted by Gasteiger charge is -2.63. The van der Waals surface area contributed by atoms with Crippen LogP contribution in [0.25, 0.3) is 0 Å². The lowest BCUT2D eigenvalue weighted by molar-refractivity contribution is -0.270. The van der Waals surface area contributed by atoms with E-state index < -0.39 is 92.0 Å². The van der Waals surface area contributed by atoms with E-state index in [1.807, 2.05) is 145 Å². The zero-order valence-corrected chi connectivity index (χ0v) is 72.7. The van der Waals surface area contributed by atoms with Gasteiger partial charge in [-0.05, 0) is 232 Å². The number of hydrogen-bond donors (Lipinski definition) is 0. The minimum atomic E-state index is -0.947. The van der Waals surface area contributed by atoms with Crippen molar-refractivity contribution in [2.45, 2.75) is 404 Å². The Labute approximate surface area is 675 Å². The molecule has 0 aromatic heterocycles. The van der Waals surface area contributed by atoms with Crippen LogP contribution in [0.3, 0.4) is 0 Å². The van der Waals surface area contributed by atoms with Crippen LogP contribution in [0.15, 0.2) is 0 Å². The van der Waals surface area contributed by atoms with Gasteiger partial charge in [-0.2, -0.15) is 0 Å². The van der Waals surface area contributed by atoms with Gasteiger partial charge in [0.2, 0.25) is 0 Å². The molecule has 10 aliphatic carbocycles. The first-order chi connectivity index (χ1) is 51.9. The Balaban J connectivity index is 0.000000202. The van der Waals surface area contributed by atoms with E-state index in [2.05, 4.69) is 13.8 Å². The molecule has 646 valence electrons. The highest BCUT2D eigenvalue weighted by Crippen LogP contribution is 2.64. The monoisotopic (exact) mass is 1600 g/mol. The molecule has 24 heteroatoms. The number of ether oxygens (including phenoxy) is 14. The minimum absolute atomic E-state index is 0. The lowest BCUT2D eigenvalue weighted by Crippen LogP contribution is -2.69. The zero-order valence-electron chi connectivity index (χ0n) is 72.7. The van der Waals surface area contributed by atoms with Crippen LogP contribution in [0, 0.1) is 80.3 Å². The number of carbonyl (C=O) groups excluding carboxylic acids is 10. The Bertz CT molecular complexity index is 3300. The summed E-state index contributed by atoms with van der Waals surface area (Å²) in [7, 11) is 1.31. The molecule has 3 aliphatic heterocycles. The number of fused-ring (bicyclic) bond motifs is 2. The topological polar surface area (TPSA) is 300 Å². The third kappa shape index (κ3) is 21.8.